The second-order valence-electron chi connectivity index (χ2n) is 4.06. The molecule has 0 aromatic rings. The van der Waals surface area contributed by atoms with E-state index in [0.29, 0.717) is 0 Å². The molecular weight excluding hydrogens is 289 g/mol. The van der Waals surface area contributed by atoms with Crippen molar-refractivity contribution in [3.8, 4) is 0 Å². The maximum absolute atomic E-state index is 11.1. The van der Waals surface area contributed by atoms with Crippen molar-refractivity contribution in [1.82, 2.24) is 9.62 Å². The minimum atomic E-state index is -5.08. The predicted molar refractivity (Wildman–Crippen MR) is 62.2 cm³/mol. The van der Waals surface area contributed by atoms with Crippen LogP contribution in [0.25, 0.3) is 0 Å². The fourth-order valence-corrected chi connectivity index (χ4v) is 2.19. The quantitative estimate of drug-likeness (QED) is 0.764. The average molecular weight is 306 g/mol. The van der Waals surface area contributed by atoms with Crippen LogP contribution >= 0.6 is 0 Å². The number of aliphatic carboxylic acids is 1. The molecule has 0 aromatic heterocycles. The van der Waals surface area contributed by atoms with E-state index in [1.165, 1.54) is 10.6 Å². The Morgan fingerprint density at radius 1 is 1.32 bits per heavy atom. The molecule has 19 heavy (non-hydrogen) atoms. The number of carbonyl (C=O) groups is 1. The maximum Gasteiger partial charge on any atom is 0.490 e. The van der Waals surface area contributed by atoms with E-state index in [2.05, 4.69) is 5.32 Å². The van der Waals surface area contributed by atoms with Crippen molar-refractivity contribution >= 4 is 16.0 Å². The lowest BCUT2D eigenvalue weighted by Gasteiger charge is -2.29. The number of piperidine rings is 1. The normalized spacial score (nSPS) is 17.8. The number of carboxylic acids is 1. The maximum atomic E-state index is 11.1. The van der Waals surface area contributed by atoms with Crippen LogP contribution in [0.2, 0.25) is 0 Å². The predicted octanol–water partition coefficient (Wildman–Crippen LogP) is 0.263. The number of hydrogen-bond donors (Lipinski definition) is 2. The van der Waals surface area contributed by atoms with Gasteiger partial charge in [-0.05, 0) is 25.9 Å². The summed E-state index contributed by atoms with van der Waals surface area (Å²) >= 11 is 0. The number of alkyl halides is 3. The highest BCUT2D eigenvalue weighted by Gasteiger charge is 2.38. The molecule has 2 N–H and O–H groups in total. The highest BCUT2D eigenvalue weighted by Crippen LogP contribution is 2.13. The van der Waals surface area contributed by atoms with E-state index in [-0.39, 0.29) is 6.04 Å². The Hall–Kier alpha value is -0.870. The first-order valence-corrected chi connectivity index (χ1v) is 7.25. The Morgan fingerprint density at radius 3 is 1.95 bits per heavy atom. The fraction of sp³-hybridized carbons (Fsp3) is 0.889. The molecule has 0 unspecified atom stereocenters. The SMILES string of the molecule is CN(C1CCNCC1)S(C)(=O)=O.O=C(O)C(F)(F)F. The van der Waals surface area contributed by atoms with Crippen LogP contribution in [0.3, 0.4) is 0 Å². The molecule has 1 fully saturated rings. The first-order chi connectivity index (χ1) is 8.46. The zero-order chi connectivity index (χ0) is 15.3. The first-order valence-electron chi connectivity index (χ1n) is 5.40. The molecular formula is C9H17F3N2O4S. The molecule has 0 bridgehead atoms. The van der Waals surface area contributed by atoms with Gasteiger partial charge in [-0.2, -0.15) is 13.2 Å². The van der Waals surface area contributed by atoms with Crippen molar-refractivity contribution in [2.24, 2.45) is 0 Å². The van der Waals surface area contributed by atoms with E-state index in [9.17, 15) is 21.6 Å². The molecule has 10 heteroatoms. The van der Waals surface area contributed by atoms with Gasteiger partial charge in [-0.3, -0.25) is 0 Å². The highest BCUT2D eigenvalue weighted by atomic mass is 32.2. The lowest BCUT2D eigenvalue weighted by atomic mass is 10.1. The van der Waals surface area contributed by atoms with E-state index < -0.39 is 22.2 Å². The number of hydrogen-bond acceptors (Lipinski definition) is 4. The van der Waals surface area contributed by atoms with Crippen molar-refractivity contribution < 1.29 is 31.5 Å². The smallest absolute Gasteiger partial charge is 0.475 e. The summed E-state index contributed by atoms with van der Waals surface area (Å²) in [5.41, 5.74) is 0. The Bertz CT molecular complexity index is 391. The second kappa shape index (κ2) is 7.06. The molecule has 1 saturated heterocycles. The lowest BCUT2D eigenvalue weighted by molar-refractivity contribution is -0.192. The van der Waals surface area contributed by atoms with Crippen LogP contribution in [-0.4, -0.2) is 62.4 Å². The number of carboxylic acid groups (broad SMARTS) is 1. The van der Waals surface area contributed by atoms with Crippen molar-refractivity contribution in [3.05, 3.63) is 0 Å². The van der Waals surface area contributed by atoms with Gasteiger partial charge < -0.3 is 10.4 Å². The molecule has 114 valence electrons. The Morgan fingerprint density at radius 2 is 1.68 bits per heavy atom. The summed E-state index contributed by atoms with van der Waals surface area (Å²) in [6.45, 7) is 1.84. The number of nitrogens with zero attached hydrogens (tertiary/aromatic N) is 1. The van der Waals surface area contributed by atoms with Gasteiger partial charge in [0.2, 0.25) is 10.0 Å². The van der Waals surface area contributed by atoms with E-state index >= 15 is 0 Å². The van der Waals surface area contributed by atoms with Crippen LogP contribution in [0.15, 0.2) is 0 Å². The van der Waals surface area contributed by atoms with E-state index in [0.717, 1.165) is 25.9 Å². The molecule has 1 aliphatic heterocycles. The Balaban J connectivity index is 0.000000399. The third-order valence-electron chi connectivity index (χ3n) is 2.59. The zero-order valence-corrected chi connectivity index (χ0v) is 11.4. The molecule has 0 saturated carbocycles. The number of rotatable bonds is 2. The molecule has 0 aliphatic carbocycles. The van der Waals surface area contributed by atoms with E-state index in [4.69, 9.17) is 9.90 Å². The lowest BCUT2D eigenvalue weighted by Crippen LogP contribution is -2.43. The third-order valence-corrected chi connectivity index (χ3v) is 3.93. The molecule has 1 heterocycles. The van der Waals surface area contributed by atoms with Gasteiger partial charge in [0.25, 0.3) is 0 Å². The van der Waals surface area contributed by atoms with Crippen LogP contribution in [0.1, 0.15) is 12.8 Å². The topological polar surface area (TPSA) is 86.7 Å². The van der Waals surface area contributed by atoms with Crippen LogP contribution in [0.5, 0.6) is 0 Å². The Labute approximate surface area is 109 Å². The molecule has 1 aliphatic rings. The summed E-state index contributed by atoms with van der Waals surface area (Å²) < 4.78 is 55.5. The monoisotopic (exact) mass is 306 g/mol. The molecule has 1 rings (SSSR count). The summed E-state index contributed by atoms with van der Waals surface area (Å²) in [5, 5.41) is 10.3. The van der Waals surface area contributed by atoms with Gasteiger partial charge in [-0.25, -0.2) is 17.5 Å². The van der Waals surface area contributed by atoms with Gasteiger partial charge >= 0.3 is 12.1 Å². The third kappa shape index (κ3) is 7.33. The molecule has 6 nitrogen and oxygen atoms in total. The molecule has 0 aromatic carbocycles. The van der Waals surface area contributed by atoms with Crippen molar-refractivity contribution in [2.45, 2.75) is 25.1 Å². The minimum absolute atomic E-state index is 0.196. The van der Waals surface area contributed by atoms with Gasteiger partial charge in [-0.1, -0.05) is 0 Å². The second-order valence-corrected chi connectivity index (χ2v) is 6.11. The number of halogens is 3. The summed E-state index contributed by atoms with van der Waals surface area (Å²) in [7, 11) is -1.34. The molecule has 0 spiro atoms. The van der Waals surface area contributed by atoms with Gasteiger partial charge in [0.15, 0.2) is 0 Å². The standard InChI is InChI=1S/C7H16N2O2S.C2HF3O2/c1-9(12(2,10)11)7-3-5-8-6-4-7;3-2(4,5)1(6)7/h7-8H,3-6H2,1-2H3;(H,6,7). The van der Waals surface area contributed by atoms with Gasteiger partial charge in [-0.15, -0.1) is 0 Å². The summed E-state index contributed by atoms with van der Waals surface area (Å²) in [5.74, 6) is -2.76. The Kier molecular flexibility index (Phi) is 6.73. The number of nitrogens with one attached hydrogen (secondary N) is 1. The van der Waals surface area contributed by atoms with Crippen LogP contribution in [0, 0.1) is 0 Å². The summed E-state index contributed by atoms with van der Waals surface area (Å²) in [4.78, 5) is 8.90. The van der Waals surface area contributed by atoms with Crippen molar-refractivity contribution in [1.29, 1.82) is 0 Å². The van der Waals surface area contributed by atoms with Crippen molar-refractivity contribution in [3.63, 3.8) is 0 Å². The first kappa shape index (κ1) is 18.1. The van der Waals surface area contributed by atoms with E-state index in [1.807, 2.05) is 0 Å². The average Bonchev–Trinajstić information content (AvgIpc) is 2.27. The van der Waals surface area contributed by atoms with E-state index in [1.54, 1.807) is 7.05 Å². The van der Waals surface area contributed by atoms with Crippen LogP contribution < -0.4 is 5.32 Å². The number of sulfonamides is 1. The molecule has 0 amide bonds. The van der Waals surface area contributed by atoms with Crippen LogP contribution in [-0.2, 0) is 14.8 Å². The highest BCUT2D eigenvalue weighted by molar-refractivity contribution is 7.88. The fourth-order valence-electron chi connectivity index (χ4n) is 1.44. The van der Waals surface area contributed by atoms with Gasteiger partial charge in [0.05, 0.1) is 6.26 Å². The minimum Gasteiger partial charge on any atom is -0.475 e. The molecule has 0 atom stereocenters. The molecule has 0 radical (unpaired) electrons. The zero-order valence-electron chi connectivity index (χ0n) is 10.6. The largest absolute Gasteiger partial charge is 0.490 e. The van der Waals surface area contributed by atoms with Gasteiger partial charge in [0, 0.05) is 13.1 Å². The summed E-state index contributed by atoms with van der Waals surface area (Å²) in [6.07, 6.45) is -1.98. The van der Waals surface area contributed by atoms with Gasteiger partial charge in [0.1, 0.15) is 0 Å². The van der Waals surface area contributed by atoms with Crippen LogP contribution in [0.4, 0.5) is 13.2 Å². The summed E-state index contributed by atoms with van der Waals surface area (Å²) in [6, 6.07) is 0.196. The van der Waals surface area contributed by atoms with Crippen molar-refractivity contribution in [2.75, 3.05) is 26.4 Å².